The molecule has 0 spiro atoms. The highest BCUT2D eigenvalue weighted by Crippen LogP contribution is 2.13. The number of phenolic OH excluding ortho intramolecular Hbond substituents is 1. The maximum Gasteiger partial charge on any atom is 0.271 e. The van der Waals surface area contributed by atoms with Crippen LogP contribution in [0.2, 0.25) is 0 Å². The molecular weight excluding hydrogens is 304 g/mol. The Labute approximate surface area is 142 Å². The Kier molecular flexibility index (Phi) is 6.37. The number of amides is 1. The Balaban J connectivity index is 1.86. The zero-order chi connectivity index (χ0) is 17.4. The van der Waals surface area contributed by atoms with Gasteiger partial charge in [-0.15, -0.1) is 0 Å². The molecule has 1 amide bonds. The summed E-state index contributed by atoms with van der Waals surface area (Å²) in [5, 5.41) is 13.2. The Bertz CT molecular complexity index is 694. The first-order valence-electron chi connectivity index (χ1n) is 7.90. The van der Waals surface area contributed by atoms with Crippen molar-refractivity contribution in [3.8, 4) is 11.5 Å². The van der Waals surface area contributed by atoms with E-state index in [-0.39, 0.29) is 11.7 Å². The average molecular weight is 326 g/mol. The van der Waals surface area contributed by atoms with E-state index in [0.29, 0.717) is 23.7 Å². The molecule has 5 nitrogen and oxygen atoms in total. The van der Waals surface area contributed by atoms with Crippen molar-refractivity contribution in [3.05, 3.63) is 59.7 Å². The Hall–Kier alpha value is -2.82. The molecule has 0 aliphatic carbocycles. The summed E-state index contributed by atoms with van der Waals surface area (Å²) in [7, 11) is 0. The fraction of sp³-hybridized carbons (Fsp3) is 0.263. The highest BCUT2D eigenvalue weighted by atomic mass is 16.5. The second kappa shape index (κ2) is 8.72. The second-order valence-electron chi connectivity index (χ2n) is 5.85. The van der Waals surface area contributed by atoms with E-state index in [1.807, 2.05) is 0 Å². The van der Waals surface area contributed by atoms with E-state index < -0.39 is 0 Å². The van der Waals surface area contributed by atoms with Crippen molar-refractivity contribution >= 4 is 12.1 Å². The highest BCUT2D eigenvalue weighted by Gasteiger charge is 2.04. The second-order valence-corrected chi connectivity index (χ2v) is 5.85. The molecule has 2 rings (SSSR count). The van der Waals surface area contributed by atoms with E-state index >= 15 is 0 Å². The predicted molar refractivity (Wildman–Crippen MR) is 94.6 cm³/mol. The summed E-state index contributed by atoms with van der Waals surface area (Å²) in [5.74, 6) is 1.19. The molecule has 0 radical (unpaired) electrons. The lowest BCUT2D eigenvalue weighted by Crippen LogP contribution is -2.17. The SMILES string of the molecule is CC(C)CCOc1ccc(C(=O)N/N=C\c2cccc(O)c2)cc1. The van der Waals surface area contributed by atoms with Gasteiger partial charge in [0.1, 0.15) is 11.5 Å². The van der Waals surface area contributed by atoms with E-state index in [4.69, 9.17) is 4.74 Å². The van der Waals surface area contributed by atoms with Crippen LogP contribution in [0.5, 0.6) is 11.5 Å². The molecule has 5 heteroatoms. The van der Waals surface area contributed by atoms with Crippen LogP contribution in [-0.4, -0.2) is 23.8 Å². The van der Waals surface area contributed by atoms with Gasteiger partial charge in [-0.2, -0.15) is 5.10 Å². The minimum absolute atomic E-state index is 0.151. The smallest absolute Gasteiger partial charge is 0.271 e. The van der Waals surface area contributed by atoms with Gasteiger partial charge in [-0.25, -0.2) is 5.43 Å². The van der Waals surface area contributed by atoms with Crippen molar-refractivity contribution < 1.29 is 14.6 Å². The van der Waals surface area contributed by atoms with E-state index in [0.717, 1.165) is 12.2 Å². The first-order valence-corrected chi connectivity index (χ1v) is 7.90. The third kappa shape index (κ3) is 5.76. The largest absolute Gasteiger partial charge is 0.508 e. The number of hydrazone groups is 1. The van der Waals surface area contributed by atoms with Crippen LogP contribution in [0.15, 0.2) is 53.6 Å². The fourth-order valence-corrected chi connectivity index (χ4v) is 1.95. The molecule has 2 aromatic rings. The number of rotatable bonds is 7. The summed E-state index contributed by atoms with van der Waals surface area (Å²) in [6.07, 6.45) is 2.47. The van der Waals surface area contributed by atoms with E-state index in [1.54, 1.807) is 48.5 Å². The van der Waals surface area contributed by atoms with Gasteiger partial charge in [0.2, 0.25) is 0 Å². The van der Waals surface area contributed by atoms with Gasteiger partial charge in [0, 0.05) is 5.56 Å². The minimum atomic E-state index is -0.305. The topological polar surface area (TPSA) is 70.9 Å². The van der Waals surface area contributed by atoms with Crippen LogP contribution < -0.4 is 10.2 Å². The predicted octanol–water partition coefficient (Wildman–Crippen LogP) is 3.58. The van der Waals surface area contributed by atoms with Crippen LogP contribution in [0, 0.1) is 5.92 Å². The lowest BCUT2D eigenvalue weighted by molar-refractivity contribution is 0.0955. The number of aromatic hydroxyl groups is 1. The molecule has 0 heterocycles. The third-order valence-electron chi connectivity index (χ3n) is 3.33. The molecule has 0 aliphatic heterocycles. The minimum Gasteiger partial charge on any atom is -0.508 e. The van der Waals surface area contributed by atoms with Gasteiger partial charge in [0.25, 0.3) is 5.91 Å². The van der Waals surface area contributed by atoms with Crippen molar-refractivity contribution in [2.45, 2.75) is 20.3 Å². The molecule has 24 heavy (non-hydrogen) atoms. The summed E-state index contributed by atoms with van der Waals surface area (Å²) in [6, 6.07) is 13.5. The number of ether oxygens (including phenoxy) is 1. The molecule has 0 saturated carbocycles. The van der Waals surface area contributed by atoms with Crippen molar-refractivity contribution in [1.82, 2.24) is 5.43 Å². The van der Waals surface area contributed by atoms with Gasteiger partial charge in [-0.05, 0) is 54.3 Å². The standard InChI is InChI=1S/C19H22N2O3/c1-14(2)10-11-24-18-8-6-16(7-9-18)19(23)21-20-13-15-4-3-5-17(22)12-15/h3-9,12-14,22H,10-11H2,1-2H3,(H,21,23)/b20-13-. The molecule has 0 aliphatic rings. The molecule has 0 unspecified atom stereocenters. The quantitative estimate of drug-likeness (QED) is 0.603. The number of hydrogen-bond donors (Lipinski definition) is 2. The fourth-order valence-electron chi connectivity index (χ4n) is 1.95. The average Bonchev–Trinajstić information content (AvgIpc) is 2.55. The molecule has 0 atom stereocenters. The molecule has 0 aromatic heterocycles. The van der Waals surface area contributed by atoms with Gasteiger partial charge in [-0.1, -0.05) is 26.0 Å². The summed E-state index contributed by atoms with van der Waals surface area (Å²) in [6.45, 7) is 4.96. The van der Waals surface area contributed by atoms with Crippen LogP contribution in [0.25, 0.3) is 0 Å². The van der Waals surface area contributed by atoms with Gasteiger partial charge >= 0.3 is 0 Å². The molecule has 126 valence electrons. The summed E-state index contributed by atoms with van der Waals surface area (Å²) in [4.78, 5) is 12.0. The first-order chi connectivity index (χ1) is 11.5. The van der Waals surface area contributed by atoms with E-state index in [9.17, 15) is 9.90 Å². The zero-order valence-electron chi connectivity index (χ0n) is 13.9. The zero-order valence-corrected chi connectivity index (χ0v) is 13.9. The summed E-state index contributed by atoms with van der Waals surface area (Å²) >= 11 is 0. The Morgan fingerprint density at radius 2 is 2.00 bits per heavy atom. The van der Waals surface area contributed by atoms with Crippen molar-refractivity contribution in [2.75, 3.05) is 6.61 Å². The number of carbonyl (C=O) groups is 1. The van der Waals surface area contributed by atoms with Crippen LogP contribution in [-0.2, 0) is 0 Å². The van der Waals surface area contributed by atoms with Crippen molar-refractivity contribution in [1.29, 1.82) is 0 Å². The van der Waals surface area contributed by atoms with Crippen molar-refractivity contribution in [3.63, 3.8) is 0 Å². The monoisotopic (exact) mass is 326 g/mol. The molecular formula is C19H22N2O3. The number of phenols is 1. The normalized spacial score (nSPS) is 11.0. The Morgan fingerprint density at radius 1 is 1.25 bits per heavy atom. The highest BCUT2D eigenvalue weighted by molar-refractivity contribution is 5.95. The number of benzene rings is 2. The third-order valence-corrected chi connectivity index (χ3v) is 3.33. The van der Waals surface area contributed by atoms with Crippen LogP contribution in [0.3, 0.4) is 0 Å². The molecule has 2 N–H and O–H groups in total. The van der Waals surface area contributed by atoms with Crippen LogP contribution >= 0.6 is 0 Å². The molecule has 0 bridgehead atoms. The van der Waals surface area contributed by atoms with Crippen LogP contribution in [0.4, 0.5) is 0 Å². The van der Waals surface area contributed by atoms with E-state index in [2.05, 4.69) is 24.4 Å². The number of nitrogens with zero attached hydrogens (tertiary/aromatic N) is 1. The number of hydrogen-bond acceptors (Lipinski definition) is 4. The maximum absolute atomic E-state index is 12.0. The van der Waals surface area contributed by atoms with Gasteiger partial charge in [0.15, 0.2) is 0 Å². The number of carbonyl (C=O) groups excluding carboxylic acids is 1. The molecule has 0 saturated heterocycles. The maximum atomic E-state index is 12.0. The lowest BCUT2D eigenvalue weighted by Gasteiger charge is -2.08. The van der Waals surface area contributed by atoms with Crippen LogP contribution in [0.1, 0.15) is 36.2 Å². The lowest BCUT2D eigenvalue weighted by atomic mass is 10.1. The van der Waals surface area contributed by atoms with Gasteiger partial charge < -0.3 is 9.84 Å². The van der Waals surface area contributed by atoms with E-state index in [1.165, 1.54) is 6.21 Å². The van der Waals surface area contributed by atoms with Gasteiger partial charge in [0.05, 0.1) is 12.8 Å². The Morgan fingerprint density at radius 3 is 2.67 bits per heavy atom. The summed E-state index contributed by atoms with van der Waals surface area (Å²) in [5.41, 5.74) is 3.65. The summed E-state index contributed by atoms with van der Waals surface area (Å²) < 4.78 is 5.62. The first kappa shape index (κ1) is 17.5. The number of nitrogens with one attached hydrogen (secondary N) is 1. The molecule has 2 aromatic carbocycles. The van der Waals surface area contributed by atoms with Gasteiger partial charge in [-0.3, -0.25) is 4.79 Å². The molecule has 0 fully saturated rings. The van der Waals surface area contributed by atoms with Crippen molar-refractivity contribution in [2.24, 2.45) is 11.0 Å².